The number of fused-ring (bicyclic) bond motifs is 1. The number of carbonyl (C=O) groups excluding carboxylic acids is 1. The molecule has 0 fully saturated rings. The lowest BCUT2D eigenvalue weighted by Gasteiger charge is -2.21. The summed E-state index contributed by atoms with van der Waals surface area (Å²) in [6.45, 7) is 2.09. The molecule has 0 unspecified atom stereocenters. The third-order valence-electron chi connectivity index (χ3n) is 4.97. The first-order chi connectivity index (χ1) is 12.7. The van der Waals surface area contributed by atoms with Crippen molar-refractivity contribution in [2.75, 3.05) is 5.75 Å². The number of hydrogen-bond acceptors (Lipinski definition) is 2. The van der Waals surface area contributed by atoms with Gasteiger partial charge in [0.2, 0.25) is 5.91 Å². The van der Waals surface area contributed by atoms with Gasteiger partial charge < -0.3 is 5.32 Å². The summed E-state index contributed by atoms with van der Waals surface area (Å²) >= 11 is 1.45. The molecule has 26 heavy (non-hydrogen) atoms. The van der Waals surface area contributed by atoms with Gasteiger partial charge in [-0.1, -0.05) is 43.3 Å². The Morgan fingerprint density at radius 1 is 1.15 bits per heavy atom. The lowest BCUT2D eigenvalue weighted by atomic mass is 9.89. The molecule has 138 valence electrons. The predicted octanol–water partition coefficient (Wildman–Crippen LogP) is 5.21. The molecule has 0 aromatic heterocycles. The second kappa shape index (κ2) is 9.22. The number of benzene rings is 2. The van der Waals surface area contributed by atoms with Crippen molar-refractivity contribution in [3.63, 3.8) is 0 Å². The smallest absolute Gasteiger partial charge is 0.230 e. The van der Waals surface area contributed by atoms with Crippen LogP contribution in [0, 0.1) is 5.82 Å². The largest absolute Gasteiger partial charge is 0.349 e. The Bertz CT molecular complexity index is 762. The third-order valence-corrected chi connectivity index (χ3v) is 5.95. The molecule has 0 saturated heterocycles. The van der Waals surface area contributed by atoms with Gasteiger partial charge in [0.1, 0.15) is 5.82 Å². The van der Waals surface area contributed by atoms with Gasteiger partial charge in [-0.3, -0.25) is 4.79 Å². The van der Waals surface area contributed by atoms with E-state index in [-0.39, 0.29) is 17.8 Å². The van der Waals surface area contributed by atoms with E-state index in [0.29, 0.717) is 17.1 Å². The van der Waals surface area contributed by atoms with Gasteiger partial charge in [-0.05, 0) is 60.4 Å². The molecule has 0 heterocycles. The molecule has 0 saturated carbocycles. The number of hydrogen-bond donors (Lipinski definition) is 1. The highest BCUT2D eigenvalue weighted by atomic mass is 32.2. The number of aryl methyl sites for hydroxylation is 2. The molecule has 2 aromatic rings. The minimum absolute atomic E-state index is 0.0101. The molecule has 0 radical (unpaired) electrons. The first-order valence-electron chi connectivity index (χ1n) is 9.39. The van der Waals surface area contributed by atoms with Crippen molar-refractivity contribution in [1.82, 2.24) is 5.32 Å². The summed E-state index contributed by atoms with van der Waals surface area (Å²) in [6, 6.07) is 13.4. The quantitative estimate of drug-likeness (QED) is 0.724. The van der Waals surface area contributed by atoms with E-state index in [9.17, 15) is 9.18 Å². The number of halogens is 1. The van der Waals surface area contributed by atoms with Crippen molar-refractivity contribution in [3.8, 4) is 0 Å². The lowest BCUT2D eigenvalue weighted by Crippen LogP contribution is -2.29. The van der Waals surface area contributed by atoms with Crippen LogP contribution < -0.4 is 5.32 Å². The molecular weight excluding hydrogens is 345 g/mol. The number of amides is 1. The van der Waals surface area contributed by atoms with E-state index in [0.717, 1.165) is 12.8 Å². The fourth-order valence-electron chi connectivity index (χ4n) is 3.50. The normalized spacial score (nSPS) is 14.5. The molecule has 2 nitrogen and oxygen atoms in total. The second-order valence-electron chi connectivity index (χ2n) is 6.85. The third kappa shape index (κ3) is 4.88. The maximum Gasteiger partial charge on any atom is 0.230 e. The van der Waals surface area contributed by atoms with Gasteiger partial charge in [0.25, 0.3) is 0 Å². The van der Waals surface area contributed by atoms with Crippen LogP contribution in [0.2, 0.25) is 0 Å². The summed E-state index contributed by atoms with van der Waals surface area (Å²) in [4.78, 5) is 12.3. The summed E-state index contributed by atoms with van der Waals surface area (Å²) in [7, 11) is 0. The molecule has 1 N–H and O–H groups in total. The summed E-state index contributed by atoms with van der Waals surface area (Å²) < 4.78 is 13.6. The van der Waals surface area contributed by atoms with Crippen LogP contribution in [-0.2, 0) is 23.4 Å². The molecule has 0 bridgehead atoms. The van der Waals surface area contributed by atoms with E-state index in [1.807, 2.05) is 6.07 Å². The molecule has 1 amide bonds. The molecular formula is C22H26FNOS. The van der Waals surface area contributed by atoms with Crippen molar-refractivity contribution in [2.45, 2.75) is 50.8 Å². The summed E-state index contributed by atoms with van der Waals surface area (Å²) in [6.07, 6.45) is 5.71. The first kappa shape index (κ1) is 19.0. The summed E-state index contributed by atoms with van der Waals surface area (Å²) in [5.74, 6) is 0.655. The van der Waals surface area contributed by atoms with Crippen molar-refractivity contribution in [2.24, 2.45) is 0 Å². The second-order valence-corrected chi connectivity index (χ2v) is 7.83. The predicted molar refractivity (Wildman–Crippen MR) is 107 cm³/mol. The number of thioether (sulfide) groups is 1. The lowest BCUT2D eigenvalue weighted by molar-refractivity contribution is -0.119. The van der Waals surface area contributed by atoms with Gasteiger partial charge in [0.05, 0.1) is 11.8 Å². The van der Waals surface area contributed by atoms with Crippen LogP contribution in [0.1, 0.15) is 54.5 Å². The molecule has 0 aliphatic heterocycles. The van der Waals surface area contributed by atoms with Gasteiger partial charge in [0, 0.05) is 5.75 Å². The molecule has 1 aliphatic rings. The molecule has 3 rings (SSSR count). The maximum absolute atomic E-state index is 13.6. The Labute approximate surface area is 159 Å². The van der Waals surface area contributed by atoms with Crippen LogP contribution in [-0.4, -0.2) is 11.7 Å². The Morgan fingerprint density at radius 2 is 1.92 bits per heavy atom. The van der Waals surface area contributed by atoms with E-state index in [1.54, 1.807) is 12.1 Å². The standard InChI is InChI=1S/C22H26FNOS/c1-2-21(18-12-11-16-7-3-4-8-17(16)13-18)24-22(25)15-26-14-19-9-5-6-10-20(19)23/h5-6,9-13,21H,2-4,7-8,14-15H2,1H3,(H,24,25)/t21-/m1/s1. The summed E-state index contributed by atoms with van der Waals surface area (Å²) in [5, 5.41) is 3.14. The van der Waals surface area contributed by atoms with Crippen LogP contribution in [0.3, 0.4) is 0 Å². The molecule has 0 spiro atoms. The monoisotopic (exact) mass is 371 g/mol. The number of nitrogens with one attached hydrogen (secondary N) is 1. The molecule has 4 heteroatoms. The molecule has 2 aromatic carbocycles. The van der Waals surface area contributed by atoms with Crippen LogP contribution in [0.25, 0.3) is 0 Å². The van der Waals surface area contributed by atoms with Crippen LogP contribution >= 0.6 is 11.8 Å². The van der Waals surface area contributed by atoms with E-state index < -0.39 is 0 Å². The van der Waals surface area contributed by atoms with Crippen molar-refractivity contribution in [1.29, 1.82) is 0 Å². The SMILES string of the molecule is CC[C@@H](NC(=O)CSCc1ccccc1F)c1ccc2c(c1)CCCC2. The zero-order valence-corrected chi connectivity index (χ0v) is 16.1. The minimum Gasteiger partial charge on any atom is -0.349 e. The fraction of sp³-hybridized carbons (Fsp3) is 0.409. The van der Waals surface area contributed by atoms with E-state index in [4.69, 9.17) is 0 Å². The van der Waals surface area contributed by atoms with Crippen molar-refractivity contribution in [3.05, 3.63) is 70.5 Å². The molecule has 1 aliphatic carbocycles. The number of rotatable bonds is 7. The Hall–Kier alpha value is -1.81. The average Bonchev–Trinajstić information content (AvgIpc) is 2.67. The minimum atomic E-state index is -0.207. The zero-order valence-electron chi connectivity index (χ0n) is 15.3. The average molecular weight is 372 g/mol. The van der Waals surface area contributed by atoms with Gasteiger partial charge >= 0.3 is 0 Å². The van der Waals surface area contributed by atoms with Crippen molar-refractivity contribution < 1.29 is 9.18 Å². The van der Waals surface area contributed by atoms with E-state index >= 15 is 0 Å². The Morgan fingerprint density at radius 3 is 2.69 bits per heavy atom. The van der Waals surface area contributed by atoms with Gasteiger partial charge in [-0.15, -0.1) is 11.8 Å². The highest BCUT2D eigenvalue weighted by Gasteiger charge is 2.16. The maximum atomic E-state index is 13.6. The van der Waals surface area contributed by atoms with Crippen LogP contribution in [0.5, 0.6) is 0 Å². The van der Waals surface area contributed by atoms with Crippen LogP contribution in [0.4, 0.5) is 4.39 Å². The van der Waals surface area contributed by atoms with Gasteiger partial charge in [-0.2, -0.15) is 0 Å². The van der Waals surface area contributed by atoms with E-state index in [1.165, 1.54) is 53.8 Å². The first-order valence-corrected chi connectivity index (χ1v) is 10.5. The Kier molecular flexibility index (Phi) is 6.73. The summed E-state index contributed by atoms with van der Waals surface area (Å²) in [5.41, 5.74) is 4.74. The van der Waals surface area contributed by atoms with Crippen LogP contribution in [0.15, 0.2) is 42.5 Å². The Balaban J connectivity index is 1.54. The van der Waals surface area contributed by atoms with Crippen molar-refractivity contribution >= 4 is 17.7 Å². The van der Waals surface area contributed by atoms with Gasteiger partial charge in [0.15, 0.2) is 0 Å². The zero-order chi connectivity index (χ0) is 18.4. The molecule has 1 atom stereocenters. The van der Waals surface area contributed by atoms with Gasteiger partial charge in [-0.25, -0.2) is 4.39 Å². The highest BCUT2D eigenvalue weighted by molar-refractivity contribution is 7.99. The fourth-order valence-corrected chi connectivity index (χ4v) is 4.32. The highest BCUT2D eigenvalue weighted by Crippen LogP contribution is 2.26. The topological polar surface area (TPSA) is 29.1 Å². The van der Waals surface area contributed by atoms with E-state index in [2.05, 4.69) is 30.4 Å². The number of carbonyl (C=O) groups is 1.